The minimum Gasteiger partial charge on any atom is -0.497 e. The molecule has 1 N–H and O–H groups in total. The highest BCUT2D eigenvalue weighted by atomic mass is 35.5. The van der Waals surface area contributed by atoms with Crippen molar-refractivity contribution in [1.82, 2.24) is 5.32 Å². The fourth-order valence-corrected chi connectivity index (χ4v) is 3.12. The van der Waals surface area contributed by atoms with Gasteiger partial charge < -0.3 is 14.8 Å². The zero-order valence-corrected chi connectivity index (χ0v) is 16.1. The van der Waals surface area contributed by atoms with Gasteiger partial charge in [0.15, 0.2) is 5.75 Å². The quantitative estimate of drug-likeness (QED) is 0.633. The maximum absolute atomic E-state index is 11.8. The van der Waals surface area contributed by atoms with Crippen LogP contribution >= 0.6 is 35.0 Å². The predicted molar refractivity (Wildman–Crippen MR) is 104 cm³/mol. The Morgan fingerprint density at radius 2 is 1.80 bits per heavy atom. The molecule has 0 aromatic heterocycles. The third kappa shape index (κ3) is 6.69. The summed E-state index contributed by atoms with van der Waals surface area (Å²) in [7, 11) is 1.62. The highest BCUT2D eigenvalue weighted by molar-refractivity contribution is 7.99. The standard InChI is InChI=1S/C18H19Cl2NO3S/c1-23-14-7-5-13(6-8-14)11-21-17(22)12-25-10-9-24-18-15(19)3-2-4-16(18)20/h2-8H,9-12H2,1H3,(H,21,22). The molecule has 0 aliphatic heterocycles. The zero-order valence-electron chi connectivity index (χ0n) is 13.8. The van der Waals surface area contributed by atoms with Crippen molar-refractivity contribution in [3.05, 3.63) is 58.1 Å². The molecular weight excluding hydrogens is 381 g/mol. The van der Waals surface area contributed by atoms with Gasteiger partial charge in [-0.15, -0.1) is 11.8 Å². The number of rotatable bonds is 9. The largest absolute Gasteiger partial charge is 0.497 e. The number of nitrogens with one attached hydrogen (secondary N) is 1. The van der Waals surface area contributed by atoms with E-state index in [0.29, 0.717) is 40.5 Å². The lowest BCUT2D eigenvalue weighted by atomic mass is 10.2. The van der Waals surface area contributed by atoms with E-state index in [0.717, 1.165) is 11.3 Å². The van der Waals surface area contributed by atoms with Gasteiger partial charge in [0.2, 0.25) is 5.91 Å². The zero-order chi connectivity index (χ0) is 18.1. The molecule has 0 saturated carbocycles. The number of carbonyl (C=O) groups excluding carboxylic acids is 1. The number of halogens is 2. The maximum atomic E-state index is 11.8. The Labute approximate surface area is 161 Å². The molecule has 0 spiro atoms. The molecule has 2 rings (SSSR count). The lowest BCUT2D eigenvalue weighted by Crippen LogP contribution is -2.24. The average Bonchev–Trinajstić information content (AvgIpc) is 2.62. The van der Waals surface area contributed by atoms with Gasteiger partial charge >= 0.3 is 0 Å². The van der Waals surface area contributed by atoms with E-state index in [4.69, 9.17) is 32.7 Å². The van der Waals surface area contributed by atoms with E-state index in [1.54, 1.807) is 25.3 Å². The summed E-state index contributed by atoms with van der Waals surface area (Å²) in [6.45, 7) is 0.926. The molecule has 0 fully saturated rings. The second-order valence-electron chi connectivity index (χ2n) is 5.08. The van der Waals surface area contributed by atoms with Crippen LogP contribution in [0.5, 0.6) is 11.5 Å². The van der Waals surface area contributed by atoms with Crippen LogP contribution in [0.1, 0.15) is 5.56 Å². The fourth-order valence-electron chi connectivity index (χ4n) is 1.98. The number of hydrogen-bond donors (Lipinski definition) is 1. The molecule has 25 heavy (non-hydrogen) atoms. The Kier molecular flexibility index (Phi) is 8.25. The van der Waals surface area contributed by atoms with Gasteiger partial charge in [-0.1, -0.05) is 41.4 Å². The van der Waals surface area contributed by atoms with Crippen molar-refractivity contribution >= 4 is 40.9 Å². The molecule has 0 radical (unpaired) electrons. The van der Waals surface area contributed by atoms with Crippen LogP contribution in [0.15, 0.2) is 42.5 Å². The summed E-state index contributed by atoms with van der Waals surface area (Å²) in [5.41, 5.74) is 1.02. The molecule has 0 bridgehead atoms. The summed E-state index contributed by atoms with van der Waals surface area (Å²) in [6, 6.07) is 12.8. The second-order valence-corrected chi connectivity index (χ2v) is 7.00. The Hall–Kier alpha value is -1.56. The molecule has 134 valence electrons. The van der Waals surface area contributed by atoms with Crippen molar-refractivity contribution < 1.29 is 14.3 Å². The topological polar surface area (TPSA) is 47.6 Å². The molecule has 2 aromatic carbocycles. The number of ether oxygens (including phenoxy) is 2. The molecule has 0 heterocycles. The van der Waals surface area contributed by atoms with Crippen LogP contribution < -0.4 is 14.8 Å². The molecular formula is C18H19Cl2NO3S. The number of benzene rings is 2. The molecule has 0 unspecified atom stereocenters. The molecule has 0 atom stereocenters. The second kappa shape index (κ2) is 10.4. The van der Waals surface area contributed by atoms with Crippen LogP contribution in [-0.2, 0) is 11.3 Å². The Morgan fingerprint density at radius 3 is 2.44 bits per heavy atom. The van der Waals surface area contributed by atoms with Gasteiger partial charge in [-0.2, -0.15) is 0 Å². The minimum atomic E-state index is -0.0170. The smallest absolute Gasteiger partial charge is 0.230 e. The monoisotopic (exact) mass is 399 g/mol. The first-order valence-electron chi connectivity index (χ1n) is 7.64. The van der Waals surface area contributed by atoms with E-state index in [2.05, 4.69) is 5.32 Å². The number of methoxy groups -OCH3 is 1. The van der Waals surface area contributed by atoms with Gasteiger partial charge in [-0.3, -0.25) is 4.79 Å². The highest BCUT2D eigenvalue weighted by Gasteiger charge is 2.07. The first-order valence-corrected chi connectivity index (χ1v) is 9.55. The van der Waals surface area contributed by atoms with Crippen LogP contribution in [0.25, 0.3) is 0 Å². The predicted octanol–water partition coefficient (Wildman–Crippen LogP) is 4.43. The summed E-state index contributed by atoms with van der Waals surface area (Å²) in [4.78, 5) is 11.8. The van der Waals surface area contributed by atoms with Gasteiger partial charge in [0.25, 0.3) is 0 Å². The van der Waals surface area contributed by atoms with Crippen LogP contribution in [0.2, 0.25) is 10.0 Å². The SMILES string of the molecule is COc1ccc(CNC(=O)CSCCOc2c(Cl)cccc2Cl)cc1. The molecule has 7 heteroatoms. The third-order valence-electron chi connectivity index (χ3n) is 3.27. The van der Waals surface area contributed by atoms with Crippen molar-refractivity contribution in [3.8, 4) is 11.5 Å². The third-order valence-corrected chi connectivity index (χ3v) is 4.79. The number of hydrogen-bond acceptors (Lipinski definition) is 4. The van der Waals surface area contributed by atoms with Gasteiger partial charge in [0.05, 0.1) is 29.5 Å². The average molecular weight is 400 g/mol. The van der Waals surface area contributed by atoms with Gasteiger partial charge in [-0.25, -0.2) is 0 Å². The van der Waals surface area contributed by atoms with E-state index in [1.165, 1.54) is 11.8 Å². The normalized spacial score (nSPS) is 10.4. The van der Waals surface area contributed by atoms with Crippen LogP contribution in [0.4, 0.5) is 0 Å². The summed E-state index contributed by atoms with van der Waals surface area (Å²) in [5.74, 6) is 2.30. The minimum absolute atomic E-state index is 0.0170. The number of amides is 1. The molecule has 0 aliphatic carbocycles. The van der Waals surface area contributed by atoms with Crippen LogP contribution in [0.3, 0.4) is 0 Å². The maximum Gasteiger partial charge on any atom is 0.230 e. The molecule has 2 aromatic rings. The Balaban J connectivity index is 1.62. The fraction of sp³-hybridized carbons (Fsp3) is 0.278. The lowest BCUT2D eigenvalue weighted by Gasteiger charge is -2.09. The Morgan fingerprint density at radius 1 is 1.12 bits per heavy atom. The highest BCUT2D eigenvalue weighted by Crippen LogP contribution is 2.32. The lowest BCUT2D eigenvalue weighted by molar-refractivity contribution is -0.118. The van der Waals surface area contributed by atoms with Gasteiger partial charge in [-0.05, 0) is 29.8 Å². The van der Waals surface area contributed by atoms with E-state index in [9.17, 15) is 4.79 Å². The van der Waals surface area contributed by atoms with Crippen LogP contribution in [-0.4, -0.2) is 31.1 Å². The molecule has 1 amide bonds. The van der Waals surface area contributed by atoms with Gasteiger partial charge in [0.1, 0.15) is 5.75 Å². The molecule has 4 nitrogen and oxygen atoms in total. The van der Waals surface area contributed by atoms with Crippen molar-refractivity contribution in [1.29, 1.82) is 0 Å². The molecule has 0 saturated heterocycles. The first kappa shape index (κ1) is 19.8. The summed E-state index contributed by atoms with van der Waals surface area (Å²) < 4.78 is 10.7. The first-order chi connectivity index (χ1) is 12.1. The summed E-state index contributed by atoms with van der Waals surface area (Å²) in [5, 5.41) is 3.84. The summed E-state index contributed by atoms with van der Waals surface area (Å²) >= 11 is 13.5. The van der Waals surface area contributed by atoms with Crippen LogP contribution in [0, 0.1) is 0 Å². The van der Waals surface area contributed by atoms with Crippen molar-refractivity contribution in [2.45, 2.75) is 6.54 Å². The van der Waals surface area contributed by atoms with Gasteiger partial charge in [0, 0.05) is 12.3 Å². The molecule has 0 aliphatic rings. The van der Waals surface area contributed by atoms with E-state index >= 15 is 0 Å². The number of para-hydroxylation sites is 1. The van der Waals surface area contributed by atoms with Crippen molar-refractivity contribution in [2.75, 3.05) is 25.2 Å². The Bertz CT molecular complexity index is 675. The van der Waals surface area contributed by atoms with E-state index in [-0.39, 0.29) is 5.91 Å². The number of thioether (sulfide) groups is 1. The number of carbonyl (C=O) groups is 1. The van der Waals surface area contributed by atoms with Crippen molar-refractivity contribution in [2.24, 2.45) is 0 Å². The van der Waals surface area contributed by atoms with E-state index < -0.39 is 0 Å². The summed E-state index contributed by atoms with van der Waals surface area (Å²) in [6.07, 6.45) is 0. The van der Waals surface area contributed by atoms with Crippen molar-refractivity contribution in [3.63, 3.8) is 0 Å². The van der Waals surface area contributed by atoms with E-state index in [1.807, 2.05) is 24.3 Å².